The summed E-state index contributed by atoms with van der Waals surface area (Å²) in [4.78, 5) is 0. The molecule has 0 N–H and O–H groups in total. The van der Waals surface area contributed by atoms with Crippen molar-refractivity contribution < 1.29 is 4.39 Å². The van der Waals surface area contributed by atoms with Crippen LogP contribution in [0, 0.1) is 0 Å². The molecule has 0 nitrogen and oxygen atoms in total. The van der Waals surface area contributed by atoms with E-state index in [0.717, 1.165) is 0 Å². The number of benzene rings is 1. The van der Waals surface area contributed by atoms with E-state index in [-0.39, 0.29) is 6.67 Å². The van der Waals surface area contributed by atoms with Crippen LogP contribution in [0.2, 0.25) is 0 Å². The zero-order valence-electron chi connectivity index (χ0n) is 5.68. The molecule has 1 atom stereocenters. The van der Waals surface area contributed by atoms with Gasteiger partial charge in [0, 0.05) is 0 Å². The molecule has 0 spiro atoms. The maximum absolute atomic E-state index is 11.7. The highest BCUT2D eigenvalue weighted by molar-refractivity contribution is 7.47. The summed E-state index contributed by atoms with van der Waals surface area (Å²) >= 11 is 0. The van der Waals surface area contributed by atoms with E-state index in [0.29, 0.717) is 14.7 Å². The molecule has 0 heterocycles. The maximum Gasteiger partial charge on any atom is 0.0934 e. The Bertz CT molecular complexity index is 174. The molecule has 1 aromatic carbocycles. The summed E-state index contributed by atoms with van der Waals surface area (Å²) in [6.07, 6.45) is 0.671. The molecular weight excluding hydrogens is 145 g/mol. The van der Waals surface area contributed by atoms with E-state index >= 15 is 0 Å². The van der Waals surface area contributed by atoms with Gasteiger partial charge in [0.1, 0.15) is 0 Å². The highest BCUT2D eigenvalue weighted by Crippen LogP contribution is 2.07. The van der Waals surface area contributed by atoms with Crippen molar-refractivity contribution in [1.29, 1.82) is 0 Å². The van der Waals surface area contributed by atoms with Gasteiger partial charge in [0.15, 0.2) is 0 Å². The highest BCUT2D eigenvalue weighted by Gasteiger charge is 1.88. The third kappa shape index (κ3) is 2.45. The zero-order chi connectivity index (χ0) is 7.23. The molecule has 0 bridgehead atoms. The molecule has 0 aliphatic rings. The van der Waals surface area contributed by atoms with E-state index < -0.39 is 0 Å². The lowest BCUT2D eigenvalue weighted by Crippen LogP contribution is -1.93. The number of halogens is 1. The molecule has 0 aromatic heterocycles. The summed E-state index contributed by atoms with van der Waals surface area (Å²) in [6.45, 7) is -0.201. The Morgan fingerprint density at radius 1 is 1.20 bits per heavy atom. The van der Waals surface area contributed by atoms with Gasteiger partial charge in [-0.2, -0.15) is 0 Å². The van der Waals surface area contributed by atoms with Gasteiger partial charge in [0.2, 0.25) is 0 Å². The molecule has 10 heavy (non-hydrogen) atoms. The largest absolute Gasteiger partial charge is 0.251 e. The molecule has 1 rings (SSSR count). The minimum atomic E-state index is -0.201. The van der Waals surface area contributed by atoms with Crippen LogP contribution in [0.25, 0.3) is 0 Å². The first-order valence-electron chi connectivity index (χ1n) is 3.28. The van der Waals surface area contributed by atoms with Crippen LogP contribution in [0.1, 0.15) is 0 Å². The fourth-order valence-corrected chi connectivity index (χ4v) is 1.56. The standard InChI is InChI=1S/C8H10FP/c9-6-7-10-8-4-2-1-3-5-8/h1-5,10H,6-7H2/i9-1. The van der Waals surface area contributed by atoms with Crippen molar-refractivity contribution in [2.24, 2.45) is 0 Å². The monoisotopic (exact) mass is 155 g/mol. The maximum atomic E-state index is 11.7. The van der Waals surface area contributed by atoms with Crippen molar-refractivity contribution in [2.45, 2.75) is 0 Å². The summed E-state index contributed by atoms with van der Waals surface area (Å²) in [7, 11) is 0.629. The van der Waals surface area contributed by atoms with Crippen LogP contribution < -0.4 is 5.30 Å². The van der Waals surface area contributed by atoms with E-state index in [1.165, 1.54) is 5.30 Å². The number of alkyl halides is 1. The van der Waals surface area contributed by atoms with Crippen LogP contribution in [0.4, 0.5) is 4.39 Å². The SMILES string of the molecule is [18F]CCPc1ccccc1. The third-order valence-corrected chi connectivity index (χ3v) is 2.38. The van der Waals surface area contributed by atoms with E-state index in [1.54, 1.807) is 0 Å². The van der Waals surface area contributed by atoms with E-state index in [9.17, 15) is 4.39 Å². The van der Waals surface area contributed by atoms with Crippen LogP contribution in [0.5, 0.6) is 0 Å². The molecule has 0 fully saturated rings. The topological polar surface area (TPSA) is 0 Å². The van der Waals surface area contributed by atoms with Crippen molar-refractivity contribution in [3.8, 4) is 0 Å². The second-order valence-corrected chi connectivity index (χ2v) is 3.41. The van der Waals surface area contributed by atoms with Gasteiger partial charge in [-0.05, 0) is 11.5 Å². The third-order valence-electron chi connectivity index (χ3n) is 1.20. The van der Waals surface area contributed by atoms with Gasteiger partial charge in [-0.15, -0.1) is 0 Å². The van der Waals surface area contributed by atoms with Crippen LogP contribution in [-0.4, -0.2) is 12.8 Å². The van der Waals surface area contributed by atoms with E-state index in [1.807, 2.05) is 30.3 Å². The van der Waals surface area contributed by atoms with Crippen LogP contribution in [0.15, 0.2) is 30.3 Å². The summed E-state index contributed by atoms with van der Waals surface area (Å²) in [6, 6.07) is 10.0. The molecule has 0 saturated carbocycles. The Morgan fingerprint density at radius 3 is 2.50 bits per heavy atom. The van der Waals surface area contributed by atoms with Crippen LogP contribution in [-0.2, 0) is 0 Å². The molecule has 0 saturated heterocycles. The minimum absolute atomic E-state index is 0.201. The summed E-state index contributed by atoms with van der Waals surface area (Å²) in [5, 5.41) is 1.25. The first-order chi connectivity index (χ1) is 4.93. The Balaban J connectivity index is 2.43. The molecule has 0 radical (unpaired) electrons. The average molecular weight is 155 g/mol. The predicted octanol–water partition coefficient (Wildman–Crippen LogP) is 1.96. The molecule has 54 valence electrons. The average Bonchev–Trinajstić information content (AvgIpc) is 2.03. The van der Waals surface area contributed by atoms with Gasteiger partial charge in [-0.1, -0.05) is 38.9 Å². The summed E-state index contributed by atoms with van der Waals surface area (Å²) < 4.78 is 11.7. The Hall–Kier alpha value is -0.420. The number of hydrogen-bond donors (Lipinski definition) is 0. The lowest BCUT2D eigenvalue weighted by atomic mass is 10.4. The Kier molecular flexibility index (Phi) is 3.38. The van der Waals surface area contributed by atoms with Crippen molar-refractivity contribution in [3.05, 3.63) is 30.3 Å². The van der Waals surface area contributed by atoms with Crippen molar-refractivity contribution in [3.63, 3.8) is 0 Å². The summed E-state index contributed by atoms with van der Waals surface area (Å²) in [5.41, 5.74) is 0. The second-order valence-electron chi connectivity index (χ2n) is 1.98. The zero-order valence-corrected chi connectivity index (χ0v) is 6.68. The predicted molar refractivity (Wildman–Crippen MR) is 45.2 cm³/mol. The van der Waals surface area contributed by atoms with Crippen molar-refractivity contribution in [2.75, 3.05) is 12.8 Å². The van der Waals surface area contributed by atoms with E-state index in [4.69, 9.17) is 0 Å². The van der Waals surface area contributed by atoms with Gasteiger partial charge in [-0.25, -0.2) is 0 Å². The normalized spacial score (nSPS) is 10.9. The first kappa shape index (κ1) is 7.68. The van der Waals surface area contributed by atoms with Crippen molar-refractivity contribution in [1.82, 2.24) is 0 Å². The second kappa shape index (κ2) is 4.40. The van der Waals surface area contributed by atoms with Gasteiger partial charge < -0.3 is 0 Å². The number of rotatable bonds is 3. The first-order valence-corrected chi connectivity index (χ1v) is 4.49. The molecule has 2 heteroatoms. The molecular formula is C8H10FP. The quantitative estimate of drug-likeness (QED) is 0.585. The lowest BCUT2D eigenvalue weighted by Gasteiger charge is -1.95. The fraction of sp³-hybridized carbons (Fsp3) is 0.250. The molecule has 0 aliphatic heterocycles. The summed E-state index contributed by atoms with van der Waals surface area (Å²) in [5.74, 6) is 0. The highest BCUT2D eigenvalue weighted by atomic mass is 31.1. The van der Waals surface area contributed by atoms with Gasteiger partial charge in [0.05, 0.1) is 6.67 Å². The fourth-order valence-electron chi connectivity index (χ4n) is 0.748. The van der Waals surface area contributed by atoms with Gasteiger partial charge in [-0.3, -0.25) is 4.39 Å². The smallest absolute Gasteiger partial charge is 0.0934 e. The lowest BCUT2D eigenvalue weighted by molar-refractivity contribution is 0.532. The Labute approximate surface area is 62.2 Å². The molecule has 1 unspecified atom stereocenters. The molecule has 1 aromatic rings. The number of hydrogen-bond acceptors (Lipinski definition) is 0. The van der Waals surface area contributed by atoms with Crippen LogP contribution >= 0.6 is 8.58 Å². The van der Waals surface area contributed by atoms with Gasteiger partial charge >= 0.3 is 0 Å². The van der Waals surface area contributed by atoms with Crippen molar-refractivity contribution >= 4 is 13.9 Å². The molecule has 0 amide bonds. The minimum Gasteiger partial charge on any atom is -0.251 e. The van der Waals surface area contributed by atoms with E-state index in [2.05, 4.69) is 0 Å². The van der Waals surface area contributed by atoms with Gasteiger partial charge in [0.25, 0.3) is 0 Å². The Morgan fingerprint density at radius 2 is 1.90 bits per heavy atom. The van der Waals surface area contributed by atoms with Crippen LogP contribution in [0.3, 0.4) is 0 Å². The molecule has 0 aliphatic carbocycles.